The molecule has 204 valence electrons. The summed E-state index contributed by atoms with van der Waals surface area (Å²) < 4.78 is 18.3. The normalized spacial score (nSPS) is 38.4. The zero-order valence-electron chi connectivity index (χ0n) is 21.6. The van der Waals surface area contributed by atoms with Crippen molar-refractivity contribution in [1.29, 1.82) is 0 Å². The summed E-state index contributed by atoms with van der Waals surface area (Å²) in [5.41, 5.74) is 0.0534. The van der Waals surface area contributed by atoms with Crippen LogP contribution in [0.4, 0.5) is 0 Å². The maximum absolute atomic E-state index is 12.7. The Morgan fingerprint density at radius 1 is 1.08 bits per heavy atom. The van der Waals surface area contributed by atoms with Crippen LogP contribution < -0.4 is 5.32 Å². The standard InChI is InChI=1S/C27H37NO9/c1-15-4-6-19-16(2)24(34-25-27(19)18(15)10-12-26(3,35-25)36-37-27)33-23(32)9-8-22(31)28-13-11-17-5-7-20(29)21(30)14-17/h5,7,14-16,18-19,24-25,29-30H,4,6,8-13H2,1-3H3,(H,28,31). The van der Waals surface area contributed by atoms with E-state index >= 15 is 0 Å². The van der Waals surface area contributed by atoms with Crippen molar-refractivity contribution in [2.24, 2.45) is 23.7 Å². The first-order valence-electron chi connectivity index (χ1n) is 13.3. The van der Waals surface area contributed by atoms with Gasteiger partial charge in [0, 0.05) is 31.2 Å². The average Bonchev–Trinajstić information content (AvgIpc) is 3.09. The number of benzene rings is 1. The number of amides is 1. The number of fused-ring (bicyclic) bond motifs is 2. The molecule has 10 nitrogen and oxygen atoms in total. The third kappa shape index (κ3) is 4.92. The molecule has 1 aromatic rings. The number of hydrogen-bond donors (Lipinski definition) is 3. The molecule has 4 aliphatic heterocycles. The molecule has 4 saturated heterocycles. The molecule has 1 aliphatic carbocycles. The molecule has 6 rings (SSSR count). The smallest absolute Gasteiger partial charge is 0.308 e. The van der Waals surface area contributed by atoms with E-state index in [0.717, 1.165) is 24.8 Å². The summed E-state index contributed by atoms with van der Waals surface area (Å²) in [5, 5.41) is 21.7. The Labute approximate surface area is 216 Å². The fraction of sp³-hybridized carbons (Fsp3) is 0.704. The maximum atomic E-state index is 12.7. The van der Waals surface area contributed by atoms with Gasteiger partial charge in [0.15, 0.2) is 23.4 Å². The molecule has 1 spiro atoms. The van der Waals surface area contributed by atoms with E-state index in [9.17, 15) is 19.8 Å². The molecule has 1 saturated carbocycles. The van der Waals surface area contributed by atoms with E-state index in [4.69, 9.17) is 24.0 Å². The number of esters is 1. The van der Waals surface area contributed by atoms with E-state index in [1.165, 1.54) is 12.1 Å². The van der Waals surface area contributed by atoms with Crippen LogP contribution in [-0.4, -0.2) is 52.6 Å². The number of hydrogen-bond acceptors (Lipinski definition) is 9. The van der Waals surface area contributed by atoms with E-state index in [1.807, 2.05) is 13.8 Å². The second-order valence-electron chi connectivity index (χ2n) is 11.2. The zero-order chi connectivity index (χ0) is 26.4. The number of carbonyl (C=O) groups excluding carboxylic acids is 2. The van der Waals surface area contributed by atoms with Crippen molar-refractivity contribution in [1.82, 2.24) is 5.32 Å². The summed E-state index contributed by atoms with van der Waals surface area (Å²) in [6.07, 6.45) is 2.50. The van der Waals surface area contributed by atoms with Gasteiger partial charge >= 0.3 is 5.97 Å². The first kappa shape index (κ1) is 26.2. The zero-order valence-corrected chi connectivity index (χ0v) is 21.6. The number of aromatic hydroxyl groups is 2. The fourth-order valence-corrected chi connectivity index (χ4v) is 6.57. The monoisotopic (exact) mass is 519 g/mol. The van der Waals surface area contributed by atoms with Crippen molar-refractivity contribution < 1.29 is 43.8 Å². The minimum absolute atomic E-state index is 0.0112. The highest BCUT2D eigenvalue weighted by Crippen LogP contribution is 2.60. The van der Waals surface area contributed by atoms with Crippen LogP contribution in [0, 0.1) is 23.7 Å². The van der Waals surface area contributed by atoms with Gasteiger partial charge in [0.25, 0.3) is 0 Å². The minimum atomic E-state index is -0.899. The molecular weight excluding hydrogens is 482 g/mol. The third-order valence-electron chi connectivity index (χ3n) is 8.68. The van der Waals surface area contributed by atoms with Crippen LogP contribution in [0.2, 0.25) is 0 Å². The number of phenols is 2. The lowest BCUT2D eigenvalue weighted by atomic mass is 9.58. The van der Waals surface area contributed by atoms with Crippen LogP contribution in [0.5, 0.6) is 11.5 Å². The van der Waals surface area contributed by atoms with Crippen LogP contribution in [0.1, 0.15) is 64.9 Å². The average molecular weight is 520 g/mol. The largest absolute Gasteiger partial charge is 0.504 e. The molecule has 0 radical (unpaired) electrons. The molecule has 1 aromatic carbocycles. The van der Waals surface area contributed by atoms with E-state index in [2.05, 4.69) is 12.2 Å². The molecule has 8 unspecified atom stereocenters. The van der Waals surface area contributed by atoms with Gasteiger partial charge in [-0.15, -0.1) is 0 Å². The van der Waals surface area contributed by atoms with Crippen molar-refractivity contribution in [2.45, 2.75) is 89.7 Å². The van der Waals surface area contributed by atoms with Crippen molar-refractivity contribution in [3.8, 4) is 11.5 Å². The van der Waals surface area contributed by atoms with E-state index < -0.39 is 29.9 Å². The van der Waals surface area contributed by atoms with E-state index in [1.54, 1.807) is 6.07 Å². The number of phenolic OH excluding ortho intramolecular Hbond substituents is 2. The van der Waals surface area contributed by atoms with Gasteiger partial charge in [0.05, 0.1) is 6.42 Å². The molecule has 0 aromatic heterocycles. The Morgan fingerprint density at radius 3 is 2.68 bits per heavy atom. The Balaban J connectivity index is 1.14. The molecule has 1 amide bonds. The van der Waals surface area contributed by atoms with Crippen molar-refractivity contribution in [2.75, 3.05) is 6.54 Å². The predicted octanol–water partition coefficient (Wildman–Crippen LogP) is 3.29. The lowest BCUT2D eigenvalue weighted by Crippen LogP contribution is -2.70. The summed E-state index contributed by atoms with van der Waals surface area (Å²) in [7, 11) is 0. The van der Waals surface area contributed by atoms with Crippen LogP contribution >= 0.6 is 0 Å². The van der Waals surface area contributed by atoms with Crippen LogP contribution in [0.15, 0.2) is 18.2 Å². The first-order chi connectivity index (χ1) is 17.6. The van der Waals surface area contributed by atoms with Gasteiger partial charge < -0.3 is 29.7 Å². The second kappa shape index (κ2) is 10.1. The van der Waals surface area contributed by atoms with Crippen molar-refractivity contribution >= 4 is 11.9 Å². The summed E-state index contributed by atoms with van der Waals surface area (Å²) in [5.74, 6) is -1.47. The number of nitrogens with one attached hydrogen (secondary N) is 1. The topological polar surface area (TPSA) is 133 Å². The van der Waals surface area contributed by atoms with E-state index in [0.29, 0.717) is 25.3 Å². The fourth-order valence-electron chi connectivity index (χ4n) is 6.57. The Kier molecular flexibility index (Phi) is 7.12. The molecule has 8 atom stereocenters. The number of rotatable bonds is 7. The second-order valence-corrected chi connectivity index (χ2v) is 11.2. The molecule has 3 N–H and O–H groups in total. The number of carbonyl (C=O) groups is 2. The summed E-state index contributed by atoms with van der Waals surface area (Å²) in [6, 6.07) is 4.52. The van der Waals surface area contributed by atoms with Gasteiger partial charge in [-0.3, -0.25) is 9.59 Å². The highest BCUT2D eigenvalue weighted by atomic mass is 17.3. The Hall–Kier alpha value is -2.40. The summed E-state index contributed by atoms with van der Waals surface area (Å²) in [4.78, 5) is 36.8. The van der Waals surface area contributed by atoms with Gasteiger partial charge in [0.1, 0.15) is 0 Å². The van der Waals surface area contributed by atoms with Crippen LogP contribution in [0.25, 0.3) is 0 Å². The Bertz CT molecular complexity index is 1030. The third-order valence-corrected chi connectivity index (χ3v) is 8.68. The van der Waals surface area contributed by atoms with Crippen molar-refractivity contribution in [3.05, 3.63) is 23.8 Å². The Morgan fingerprint density at radius 2 is 1.89 bits per heavy atom. The predicted molar refractivity (Wildman–Crippen MR) is 129 cm³/mol. The molecule has 5 aliphatic rings. The number of ether oxygens (including phenoxy) is 3. The maximum Gasteiger partial charge on any atom is 0.308 e. The van der Waals surface area contributed by atoms with Gasteiger partial charge in [-0.25, -0.2) is 9.78 Å². The first-order valence-corrected chi connectivity index (χ1v) is 13.3. The lowest BCUT2D eigenvalue weighted by Gasteiger charge is -2.59. The van der Waals surface area contributed by atoms with E-state index in [-0.39, 0.29) is 48.0 Å². The SMILES string of the molecule is CC1CCC2C(C)C(OC(=O)CCC(=O)NCCc3ccc(O)c(O)c3)OC3OC4(C)CCC1C32OO4. The molecule has 4 heterocycles. The van der Waals surface area contributed by atoms with Crippen LogP contribution in [0.3, 0.4) is 0 Å². The summed E-state index contributed by atoms with van der Waals surface area (Å²) >= 11 is 0. The van der Waals surface area contributed by atoms with Crippen LogP contribution in [-0.2, 0) is 40.0 Å². The summed E-state index contributed by atoms with van der Waals surface area (Å²) in [6.45, 7) is 6.44. The molecule has 10 heteroatoms. The highest BCUT2D eigenvalue weighted by Gasteiger charge is 2.69. The van der Waals surface area contributed by atoms with Gasteiger partial charge in [-0.2, -0.15) is 0 Å². The molecule has 2 bridgehead atoms. The highest BCUT2D eigenvalue weighted by molar-refractivity contribution is 5.81. The van der Waals surface area contributed by atoms with Gasteiger partial charge in [-0.05, 0) is 62.1 Å². The molecule has 5 fully saturated rings. The quantitative estimate of drug-likeness (QED) is 0.282. The molecular formula is C27H37NO9. The molecule has 37 heavy (non-hydrogen) atoms. The van der Waals surface area contributed by atoms with Gasteiger partial charge in [-0.1, -0.05) is 19.9 Å². The van der Waals surface area contributed by atoms with Crippen molar-refractivity contribution in [3.63, 3.8) is 0 Å². The lowest BCUT2D eigenvalue weighted by molar-refractivity contribution is -0.576. The van der Waals surface area contributed by atoms with Gasteiger partial charge in [0.2, 0.25) is 18.0 Å². The minimum Gasteiger partial charge on any atom is -0.504 e.